The lowest BCUT2D eigenvalue weighted by Gasteiger charge is -2.36. The lowest BCUT2D eigenvalue weighted by Crippen LogP contribution is -2.48. The van der Waals surface area contributed by atoms with E-state index in [9.17, 15) is 19.5 Å². The van der Waals surface area contributed by atoms with Gasteiger partial charge in [0.2, 0.25) is 0 Å². The summed E-state index contributed by atoms with van der Waals surface area (Å²) in [6.07, 6.45) is 2.60. The van der Waals surface area contributed by atoms with Crippen molar-refractivity contribution in [2.45, 2.75) is 25.4 Å². The van der Waals surface area contributed by atoms with Crippen LogP contribution >= 0.6 is 0 Å². The van der Waals surface area contributed by atoms with E-state index in [4.69, 9.17) is 0 Å². The normalized spacial score (nSPS) is 26.0. The van der Waals surface area contributed by atoms with Gasteiger partial charge in [-0.3, -0.25) is 9.59 Å². The van der Waals surface area contributed by atoms with E-state index in [1.807, 2.05) is 6.07 Å². The largest absolute Gasteiger partial charge is 0.467 e. The van der Waals surface area contributed by atoms with Gasteiger partial charge in [0.15, 0.2) is 11.4 Å². The molecule has 0 fully saturated rings. The predicted molar refractivity (Wildman–Crippen MR) is 87.2 cm³/mol. The number of benzene rings is 1. The Morgan fingerprint density at radius 1 is 1.29 bits per heavy atom. The molecule has 0 radical (unpaired) electrons. The molecule has 0 saturated carbocycles. The molecule has 6 nitrogen and oxygen atoms in total. The first-order valence-electron chi connectivity index (χ1n) is 7.68. The molecule has 2 rings (SSSR count). The Morgan fingerprint density at radius 2 is 1.96 bits per heavy atom. The lowest BCUT2D eigenvalue weighted by atomic mass is 9.69. The molecule has 2 N–H and O–H groups in total. The van der Waals surface area contributed by atoms with E-state index < -0.39 is 17.0 Å². The molecule has 1 aromatic carbocycles. The summed E-state index contributed by atoms with van der Waals surface area (Å²) in [5, 5.41) is 13.1. The third kappa shape index (κ3) is 3.71. The van der Waals surface area contributed by atoms with Crippen LogP contribution in [0, 0.1) is 5.41 Å². The van der Waals surface area contributed by atoms with Crippen LogP contribution in [0.3, 0.4) is 0 Å². The summed E-state index contributed by atoms with van der Waals surface area (Å²) in [5.41, 5.74) is -2.24. The zero-order chi connectivity index (χ0) is 17.8. The first-order valence-corrected chi connectivity index (χ1v) is 7.68. The van der Waals surface area contributed by atoms with Crippen LogP contribution in [-0.2, 0) is 14.3 Å². The molecule has 2 atom stereocenters. The molecular weight excluding hydrogens is 310 g/mol. The number of ether oxygens (including phenoxy) is 1. The number of esters is 1. The number of methoxy groups -OCH3 is 1. The van der Waals surface area contributed by atoms with Crippen molar-refractivity contribution in [2.24, 2.45) is 5.41 Å². The SMILES string of the molecule is COC(=O)C1(O)C=CC(=O)C(C)(CCNC(=O)c2ccccc2)C1. The fraction of sp³-hybridized carbons (Fsp3) is 0.389. The maximum absolute atomic E-state index is 12.2. The molecule has 1 aliphatic carbocycles. The third-order valence-corrected chi connectivity index (χ3v) is 4.30. The van der Waals surface area contributed by atoms with Crippen molar-refractivity contribution < 1.29 is 24.2 Å². The van der Waals surface area contributed by atoms with Crippen LogP contribution in [0.4, 0.5) is 0 Å². The number of carbonyl (C=O) groups is 3. The van der Waals surface area contributed by atoms with Crippen LogP contribution in [0.15, 0.2) is 42.5 Å². The van der Waals surface area contributed by atoms with Crippen LogP contribution in [0.25, 0.3) is 0 Å². The van der Waals surface area contributed by atoms with Gasteiger partial charge in [0.05, 0.1) is 7.11 Å². The third-order valence-electron chi connectivity index (χ3n) is 4.30. The minimum atomic E-state index is -1.82. The van der Waals surface area contributed by atoms with Crippen LogP contribution in [-0.4, -0.2) is 42.0 Å². The highest BCUT2D eigenvalue weighted by atomic mass is 16.5. The van der Waals surface area contributed by atoms with Gasteiger partial charge < -0.3 is 15.2 Å². The molecule has 0 heterocycles. The second-order valence-corrected chi connectivity index (χ2v) is 6.22. The number of hydrogen-bond acceptors (Lipinski definition) is 5. The Bertz CT molecular complexity index is 669. The summed E-state index contributed by atoms with van der Waals surface area (Å²) in [6.45, 7) is 1.92. The summed E-state index contributed by atoms with van der Waals surface area (Å²) in [5.74, 6) is -1.22. The van der Waals surface area contributed by atoms with Gasteiger partial charge >= 0.3 is 5.97 Å². The van der Waals surface area contributed by atoms with E-state index in [-0.39, 0.29) is 24.7 Å². The Morgan fingerprint density at radius 3 is 2.58 bits per heavy atom. The highest BCUT2D eigenvalue weighted by molar-refractivity contribution is 5.99. The number of nitrogens with one attached hydrogen (secondary N) is 1. The minimum Gasteiger partial charge on any atom is -0.467 e. The van der Waals surface area contributed by atoms with Crippen molar-refractivity contribution in [2.75, 3.05) is 13.7 Å². The summed E-state index contributed by atoms with van der Waals surface area (Å²) in [6, 6.07) is 8.74. The van der Waals surface area contributed by atoms with Crippen molar-refractivity contribution in [3.8, 4) is 0 Å². The smallest absolute Gasteiger partial charge is 0.341 e. The number of carbonyl (C=O) groups excluding carboxylic acids is 3. The molecule has 0 aromatic heterocycles. The monoisotopic (exact) mass is 331 g/mol. The summed E-state index contributed by atoms with van der Waals surface area (Å²) >= 11 is 0. The van der Waals surface area contributed by atoms with E-state index in [1.165, 1.54) is 19.3 Å². The van der Waals surface area contributed by atoms with Crippen molar-refractivity contribution in [3.05, 3.63) is 48.0 Å². The fourth-order valence-electron chi connectivity index (χ4n) is 2.83. The summed E-state index contributed by atoms with van der Waals surface area (Å²) < 4.78 is 4.60. The average molecular weight is 331 g/mol. The number of rotatable bonds is 5. The van der Waals surface area contributed by atoms with E-state index in [0.717, 1.165) is 0 Å². The molecule has 128 valence electrons. The van der Waals surface area contributed by atoms with Crippen LogP contribution in [0.5, 0.6) is 0 Å². The van der Waals surface area contributed by atoms with E-state index in [0.29, 0.717) is 12.0 Å². The molecule has 1 aromatic rings. The topological polar surface area (TPSA) is 92.7 Å². The quantitative estimate of drug-likeness (QED) is 0.792. The zero-order valence-electron chi connectivity index (χ0n) is 13.7. The van der Waals surface area contributed by atoms with Gasteiger partial charge in [0.1, 0.15) is 0 Å². The molecule has 0 aliphatic heterocycles. The number of aliphatic hydroxyl groups is 1. The lowest BCUT2D eigenvalue weighted by molar-refractivity contribution is -0.161. The fourth-order valence-corrected chi connectivity index (χ4v) is 2.83. The Balaban J connectivity index is 2.00. The number of amides is 1. The second-order valence-electron chi connectivity index (χ2n) is 6.22. The van der Waals surface area contributed by atoms with E-state index in [2.05, 4.69) is 10.1 Å². The van der Waals surface area contributed by atoms with Crippen LogP contribution in [0.1, 0.15) is 30.1 Å². The molecule has 2 unspecified atom stereocenters. The molecule has 24 heavy (non-hydrogen) atoms. The second kappa shape index (κ2) is 6.97. The molecule has 0 spiro atoms. The Kier molecular flexibility index (Phi) is 5.19. The molecule has 0 saturated heterocycles. The average Bonchev–Trinajstić information content (AvgIpc) is 2.58. The van der Waals surface area contributed by atoms with Gasteiger partial charge in [0.25, 0.3) is 5.91 Å². The van der Waals surface area contributed by atoms with Crippen molar-refractivity contribution in [1.82, 2.24) is 5.32 Å². The van der Waals surface area contributed by atoms with Gasteiger partial charge in [-0.2, -0.15) is 0 Å². The maximum Gasteiger partial charge on any atom is 0.341 e. The zero-order valence-corrected chi connectivity index (χ0v) is 13.7. The summed E-state index contributed by atoms with van der Waals surface area (Å²) in [4.78, 5) is 36.0. The van der Waals surface area contributed by atoms with Crippen molar-refractivity contribution in [1.29, 1.82) is 0 Å². The van der Waals surface area contributed by atoms with Gasteiger partial charge in [0, 0.05) is 23.9 Å². The predicted octanol–water partition coefficient (Wildman–Crippen LogP) is 1.25. The van der Waals surface area contributed by atoms with Crippen LogP contribution in [0.2, 0.25) is 0 Å². The molecule has 1 amide bonds. The highest BCUT2D eigenvalue weighted by Gasteiger charge is 2.47. The molecule has 0 bridgehead atoms. The molecule has 1 aliphatic rings. The van der Waals surface area contributed by atoms with Crippen molar-refractivity contribution in [3.63, 3.8) is 0 Å². The van der Waals surface area contributed by atoms with Gasteiger partial charge in [-0.05, 0) is 30.7 Å². The molecular formula is C18H21NO5. The molecule has 6 heteroatoms. The summed E-state index contributed by atoms with van der Waals surface area (Å²) in [7, 11) is 1.18. The Hall–Kier alpha value is -2.47. The standard InChI is InChI=1S/C18H21NO5/c1-17(10-11-19-15(21)13-6-4-3-5-7-13)12-18(23,16(22)24-2)9-8-14(17)20/h3-9,23H,10-12H2,1-2H3,(H,19,21). The number of hydrogen-bond donors (Lipinski definition) is 2. The maximum atomic E-state index is 12.2. The van der Waals surface area contributed by atoms with Gasteiger partial charge in [-0.15, -0.1) is 0 Å². The minimum absolute atomic E-state index is 0.0801. The van der Waals surface area contributed by atoms with Crippen LogP contribution < -0.4 is 5.32 Å². The number of ketones is 1. The first kappa shape index (κ1) is 17.9. The van der Waals surface area contributed by atoms with E-state index >= 15 is 0 Å². The Labute approximate surface area is 140 Å². The van der Waals surface area contributed by atoms with Gasteiger partial charge in [-0.1, -0.05) is 25.1 Å². The van der Waals surface area contributed by atoms with E-state index in [1.54, 1.807) is 31.2 Å². The number of allylic oxidation sites excluding steroid dienone is 1. The first-order chi connectivity index (χ1) is 11.3. The van der Waals surface area contributed by atoms with Crippen molar-refractivity contribution >= 4 is 17.7 Å². The van der Waals surface area contributed by atoms with Gasteiger partial charge in [-0.25, -0.2) is 4.79 Å². The highest BCUT2D eigenvalue weighted by Crippen LogP contribution is 2.38.